The molecular formula is C7H16N2O2S3. The van der Waals surface area contributed by atoms with E-state index < -0.39 is 10.2 Å². The van der Waals surface area contributed by atoms with Crippen molar-refractivity contribution in [2.75, 3.05) is 23.3 Å². The lowest BCUT2D eigenvalue weighted by atomic mass is 10.3. The van der Waals surface area contributed by atoms with Gasteiger partial charge in [0, 0.05) is 0 Å². The highest BCUT2D eigenvalue weighted by atomic mass is 32.2. The van der Waals surface area contributed by atoms with Crippen LogP contribution in [0.15, 0.2) is 0 Å². The first kappa shape index (κ1) is 12.6. The number of thioether (sulfide) groups is 2. The Hall–Kier alpha value is 0.570. The maximum Gasteiger partial charge on any atom is 0.278 e. The van der Waals surface area contributed by atoms with Gasteiger partial charge >= 0.3 is 0 Å². The van der Waals surface area contributed by atoms with E-state index in [1.807, 2.05) is 0 Å². The molecule has 14 heavy (non-hydrogen) atoms. The van der Waals surface area contributed by atoms with Gasteiger partial charge in [0.25, 0.3) is 10.2 Å². The predicted octanol–water partition coefficient (Wildman–Crippen LogP) is 0.976. The average Bonchev–Trinajstić information content (AvgIpc) is 2.11. The van der Waals surface area contributed by atoms with Crippen molar-refractivity contribution in [2.24, 2.45) is 0 Å². The van der Waals surface area contributed by atoms with Gasteiger partial charge in [0.05, 0.1) is 11.8 Å². The normalized spacial score (nSPS) is 26.0. The number of hydrogen-bond donors (Lipinski definition) is 2. The van der Waals surface area contributed by atoms with E-state index in [1.165, 1.54) is 19.3 Å². The molecule has 0 spiro atoms. The highest BCUT2D eigenvalue weighted by molar-refractivity contribution is 8.01. The molecule has 7 heteroatoms. The third-order valence-electron chi connectivity index (χ3n) is 1.78. The second-order valence-corrected chi connectivity index (χ2v) is 6.75. The van der Waals surface area contributed by atoms with Crippen LogP contribution in [-0.2, 0) is 10.2 Å². The van der Waals surface area contributed by atoms with Crippen LogP contribution in [0.25, 0.3) is 0 Å². The molecule has 2 N–H and O–H groups in total. The van der Waals surface area contributed by atoms with Crippen LogP contribution in [0, 0.1) is 0 Å². The molecule has 0 unspecified atom stereocenters. The van der Waals surface area contributed by atoms with Gasteiger partial charge in [0.1, 0.15) is 0 Å². The fourth-order valence-electron chi connectivity index (χ4n) is 1.02. The molecule has 1 heterocycles. The van der Waals surface area contributed by atoms with E-state index in [0.717, 1.165) is 11.5 Å². The summed E-state index contributed by atoms with van der Waals surface area (Å²) in [6, 6.07) is 0. The summed E-state index contributed by atoms with van der Waals surface area (Å²) in [5.74, 6) is 3.01. The van der Waals surface area contributed by atoms with Gasteiger partial charge in [-0.15, -0.1) is 23.5 Å². The Labute approximate surface area is 94.2 Å². The van der Waals surface area contributed by atoms with E-state index in [-0.39, 0.29) is 0 Å². The van der Waals surface area contributed by atoms with E-state index in [4.69, 9.17) is 0 Å². The first-order chi connectivity index (χ1) is 6.71. The van der Waals surface area contributed by atoms with Crippen LogP contribution in [0.1, 0.15) is 19.3 Å². The maximum atomic E-state index is 11.2. The molecule has 1 fully saturated rings. The van der Waals surface area contributed by atoms with Crippen LogP contribution in [-0.4, -0.2) is 31.7 Å². The molecule has 0 atom stereocenters. The summed E-state index contributed by atoms with van der Waals surface area (Å²) in [7, 11) is -3.25. The minimum atomic E-state index is -3.25. The molecular weight excluding hydrogens is 240 g/mol. The van der Waals surface area contributed by atoms with Gasteiger partial charge in [-0.1, -0.05) is 6.42 Å². The molecule has 0 amide bonds. The molecule has 4 nitrogen and oxygen atoms in total. The van der Waals surface area contributed by atoms with E-state index in [0.29, 0.717) is 11.8 Å². The van der Waals surface area contributed by atoms with Gasteiger partial charge in [-0.2, -0.15) is 17.9 Å². The van der Waals surface area contributed by atoms with Crippen molar-refractivity contribution in [1.29, 1.82) is 0 Å². The Bertz CT molecular complexity index is 225. The van der Waals surface area contributed by atoms with Crippen molar-refractivity contribution in [3.8, 4) is 0 Å². The molecule has 1 aliphatic rings. The summed E-state index contributed by atoms with van der Waals surface area (Å²) in [6.45, 7) is 0. The second-order valence-electron chi connectivity index (χ2n) is 2.96. The Kier molecular flexibility index (Phi) is 6.27. The monoisotopic (exact) mass is 256 g/mol. The molecule has 0 aliphatic carbocycles. The van der Waals surface area contributed by atoms with Crippen molar-refractivity contribution in [1.82, 2.24) is 9.44 Å². The third-order valence-corrected chi connectivity index (χ3v) is 5.05. The lowest BCUT2D eigenvalue weighted by Gasteiger charge is -2.09. The summed E-state index contributed by atoms with van der Waals surface area (Å²) >= 11 is 3.27. The smallest absolute Gasteiger partial charge is 0.195 e. The fraction of sp³-hybridized carbons (Fsp3) is 1.00. The van der Waals surface area contributed by atoms with Crippen LogP contribution in [0.5, 0.6) is 0 Å². The first-order valence-corrected chi connectivity index (χ1v) is 8.40. The summed E-state index contributed by atoms with van der Waals surface area (Å²) in [6.07, 6.45) is 3.60. The van der Waals surface area contributed by atoms with Crippen molar-refractivity contribution in [2.45, 2.75) is 19.3 Å². The highest BCUT2D eigenvalue weighted by Crippen LogP contribution is 2.09. The molecule has 1 aliphatic heterocycles. The lowest BCUT2D eigenvalue weighted by molar-refractivity contribution is 0.578. The van der Waals surface area contributed by atoms with Gasteiger partial charge in [-0.25, -0.2) is 0 Å². The molecule has 0 aromatic rings. The molecule has 0 aromatic carbocycles. The van der Waals surface area contributed by atoms with Crippen LogP contribution in [0.2, 0.25) is 0 Å². The molecule has 1 rings (SSSR count). The molecule has 0 bridgehead atoms. The Morgan fingerprint density at radius 1 is 0.857 bits per heavy atom. The summed E-state index contributed by atoms with van der Waals surface area (Å²) in [4.78, 5) is 0. The number of nitrogens with one attached hydrogen (secondary N) is 2. The maximum absolute atomic E-state index is 11.2. The average molecular weight is 256 g/mol. The van der Waals surface area contributed by atoms with Gasteiger partial charge in [0.15, 0.2) is 0 Å². The zero-order chi connectivity index (χ0) is 10.3. The van der Waals surface area contributed by atoms with Gasteiger partial charge < -0.3 is 0 Å². The van der Waals surface area contributed by atoms with E-state index in [2.05, 4.69) is 9.44 Å². The molecule has 1 saturated heterocycles. The highest BCUT2D eigenvalue weighted by Gasteiger charge is 2.08. The number of rotatable bonds is 0. The summed E-state index contributed by atoms with van der Waals surface area (Å²) < 4.78 is 27.5. The van der Waals surface area contributed by atoms with Crippen LogP contribution in [0.3, 0.4) is 0 Å². The van der Waals surface area contributed by atoms with Crippen LogP contribution >= 0.6 is 23.5 Å². The minimum absolute atomic E-state index is 0.472. The van der Waals surface area contributed by atoms with Gasteiger partial charge in [-0.05, 0) is 24.3 Å². The Morgan fingerprint density at radius 3 is 1.86 bits per heavy atom. The Balaban J connectivity index is 2.32. The molecule has 0 saturated carbocycles. The van der Waals surface area contributed by atoms with Crippen LogP contribution in [0.4, 0.5) is 0 Å². The predicted molar refractivity (Wildman–Crippen MR) is 63.7 cm³/mol. The SMILES string of the molecule is O=S1(=O)NCSCCCCCSCN1. The zero-order valence-electron chi connectivity index (χ0n) is 7.99. The zero-order valence-corrected chi connectivity index (χ0v) is 10.4. The van der Waals surface area contributed by atoms with Crippen molar-refractivity contribution in [3.63, 3.8) is 0 Å². The standard InChI is InChI=1S/C7H16N2O2S3/c10-14(11)8-6-12-4-2-1-3-5-13-7-9-14/h8-9H,1-7H2. The van der Waals surface area contributed by atoms with E-state index >= 15 is 0 Å². The van der Waals surface area contributed by atoms with Crippen molar-refractivity contribution < 1.29 is 8.42 Å². The quantitative estimate of drug-likeness (QED) is 0.678. The topological polar surface area (TPSA) is 58.2 Å². The second kappa shape index (κ2) is 6.95. The first-order valence-electron chi connectivity index (χ1n) is 4.60. The lowest BCUT2D eigenvalue weighted by Crippen LogP contribution is -2.36. The molecule has 0 radical (unpaired) electrons. The van der Waals surface area contributed by atoms with E-state index in [1.54, 1.807) is 23.5 Å². The van der Waals surface area contributed by atoms with E-state index in [9.17, 15) is 8.42 Å². The molecule has 84 valence electrons. The number of hydrogen-bond acceptors (Lipinski definition) is 4. The van der Waals surface area contributed by atoms with Gasteiger partial charge in [-0.3, -0.25) is 0 Å². The largest absolute Gasteiger partial charge is 0.278 e. The fourth-order valence-corrected chi connectivity index (χ4v) is 4.13. The van der Waals surface area contributed by atoms with Crippen molar-refractivity contribution >= 4 is 33.7 Å². The van der Waals surface area contributed by atoms with Gasteiger partial charge in [0.2, 0.25) is 0 Å². The van der Waals surface area contributed by atoms with Crippen molar-refractivity contribution in [3.05, 3.63) is 0 Å². The molecule has 0 aromatic heterocycles. The third kappa shape index (κ3) is 6.13. The summed E-state index contributed by atoms with van der Waals surface area (Å²) in [5, 5.41) is 0. The van der Waals surface area contributed by atoms with Crippen LogP contribution < -0.4 is 9.44 Å². The minimum Gasteiger partial charge on any atom is -0.195 e. The summed E-state index contributed by atoms with van der Waals surface area (Å²) in [5.41, 5.74) is 0. The Morgan fingerprint density at radius 2 is 1.36 bits per heavy atom.